The van der Waals surface area contributed by atoms with E-state index in [2.05, 4.69) is 24.7 Å². The first-order chi connectivity index (χ1) is 14.7. The number of nitrogens with zero attached hydrogens (tertiary/aromatic N) is 1. The predicted molar refractivity (Wildman–Crippen MR) is 116 cm³/mol. The Hall–Kier alpha value is -2.93. The first kappa shape index (κ1) is 22.7. The van der Waals surface area contributed by atoms with Gasteiger partial charge in [0, 0.05) is 24.5 Å². The van der Waals surface area contributed by atoms with Gasteiger partial charge in [-0.3, -0.25) is 4.90 Å². The molecule has 1 heterocycles. The van der Waals surface area contributed by atoms with Gasteiger partial charge in [0.1, 0.15) is 5.58 Å². The van der Waals surface area contributed by atoms with Crippen LogP contribution >= 0.6 is 0 Å². The van der Waals surface area contributed by atoms with Crippen molar-refractivity contribution in [1.29, 1.82) is 0 Å². The van der Waals surface area contributed by atoms with Crippen molar-refractivity contribution in [2.24, 2.45) is 0 Å². The lowest BCUT2D eigenvalue weighted by molar-refractivity contribution is -0.0512. The Morgan fingerprint density at radius 3 is 2.45 bits per heavy atom. The first-order valence-electron chi connectivity index (χ1n) is 10.1. The zero-order valence-electron chi connectivity index (χ0n) is 18.4. The zero-order chi connectivity index (χ0) is 22.7. The minimum Gasteiger partial charge on any atom is -0.493 e. The monoisotopic (exact) mass is 431 g/mol. The highest BCUT2D eigenvalue weighted by Gasteiger charge is 2.15. The summed E-state index contributed by atoms with van der Waals surface area (Å²) >= 11 is 0. The Kier molecular flexibility index (Phi) is 6.95. The van der Waals surface area contributed by atoms with Crippen LogP contribution in [0.4, 0.5) is 8.78 Å². The SMILES string of the molecule is COc1cc(CN(C)Cc2cc(=O)oc3cc(C)c(C(C)C)cc23)ccc1OC(F)F. The highest BCUT2D eigenvalue weighted by molar-refractivity contribution is 5.82. The summed E-state index contributed by atoms with van der Waals surface area (Å²) in [5.41, 5.74) is 4.24. The molecular weight excluding hydrogens is 404 g/mol. The van der Waals surface area contributed by atoms with Gasteiger partial charge < -0.3 is 13.9 Å². The summed E-state index contributed by atoms with van der Waals surface area (Å²) in [6.07, 6.45) is 0. The summed E-state index contributed by atoms with van der Waals surface area (Å²) in [7, 11) is 3.33. The summed E-state index contributed by atoms with van der Waals surface area (Å²) in [6, 6.07) is 10.4. The Morgan fingerprint density at radius 2 is 1.81 bits per heavy atom. The van der Waals surface area contributed by atoms with Crippen molar-refractivity contribution in [3.05, 3.63) is 69.1 Å². The molecule has 3 aromatic rings. The smallest absolute Gasteiger partial charge is 0.387 e. The van der Waals surface area contributed by atoms with Crippen LogP contribution in [0.2, 0.25) is 0 Å². The molecule has 0 unspecified atom stereocenters. The van der Waals surface area contributed by atoms with Gasteiger partial charge in [-0.05, 0) is 66.4 Å². The van der Waals surface area contributed by atoms with Crippen molar-refractivity contribution in [2.45, 2.75) is 46.4 Å². The van der Waals surface area contributed by atoms with E-state index in [0.717, 1.165) is 22.1 Å². The van der Waals surface area contributed by atoms with Gasteiger partial charge in [0.05, 0.1) is 7.11 Å². The number of hydrogen-bond acceptors (Lipinski definition) is 5. The maximum Gasteiger partial charge on any atom is 0.387 e. The molecule has 0 aliphatic rings. The summed E-state index contributed by atoms with van der Waals surface area (Å²) in [5, 5.41) is 0.916. The standard InChI is InChI=1S/C24H27F2NO4/c1-14(2)18-11-19-17(10-23(28)30-21(19)8-15(18)3)13-27(4)12-16-6-7-20(31-24(25)26)22(9-16)29-5/h6-11,14,24H,12-13H2,1-5H3. The minimum atomic E-state index is -2.92. The second-order valence-electron chi connectivity index (χ2n) is 7.99. The van der Waals surface area contributed by atoms with Gasteiger partial charge >= 0.3 is 12.2 Å². The molecule has 0 bridgehead atoms. The maximum absolute atomic E-state index is 12.5. The van der Waals surface area contributed by atoms with Gasteiger partial charge in [-0.1, -0.05) is 19.9 Å². The molecule has 0 saturated carbocycles. The average molecular weight is 431 g/mol. The number of halogens is 2. The normalized spacial score (nSPS) is 11.7. The molecule has 0 fully saturated rings. The van der Waals surface area contributed by atoms with Crippen LogP contribution in [0.5, 0.6) is 11.5 Å². The predicted octanol–water partition coefficient (Wildman–Crippen LogP) is 5.47. The Balaban J connectivity index is 1.87. The second-order valence-corrected chi connectivity index (χ2v) is 7.99. The fourth-order valence-electron chi connectivity index (χ4n) is 3.81. The number of fused-ring (bicyclic) bond motifs is 1. The van der Waals surface area contributed by atoms with E-state index < -0.39 is 6.61 Å². The summed E-state index contributed by atoms with van der Waals surface area (Å²) < 4.78 is 40.1. The third-order valence-corrected chi connectivity index (χ3v) is 5.18. The Morgan fingerprint density at radius 1 is 1.06 bits per heavy atom. The van der Waals surface area contributed by atoms with Crippen molar-refractivity contribution in [3.63, 3.8) is 0 Å². The van der Waals surface area contributed by atoms with Crippen LogP contribution in [-0.4, -0.2) is 25.7 Å². The molecule has 166 valence electrons. The molecule has 0 saturated heterocycles. The van der Waals surface area contributed by atoms with Gasteiger partial charge in [-0.25, -0.2) is 4.79 Å². The molecule has 5 nitrogen and oxygen atoms in total. The summed E-state index contributed by atoms with van der Waals surface area (Å²) in [6.45, 7) is 4.40. The van der Waals surface area contributed by atoms with E-state index in [-0.39, 0.29) is 17.1 Å². The molecule has 0 N–H and O–H groups in total. The number of aryl methyl sites for hydroxylation is 1. The molecule has 0 spiro atoms. The van der Waals surface area contributed by atoms with Crippen LogP contribution in [0.3, 0.4) is 0 Å². The van der Waals surface area contributed by atoms with E-state index in [0.29, 0.717) is 24.6 Å². The first-order valence-corrected chi connectivity index (χ1v) is 10.1. The zero-order valence-corrected chi connectivity index (χ0v) is 18.4. The summed E-state index contributed by atoms with van der Waals surface area (Å²) in [5.74, 6) is 0.588. The van der Waals surface area contributed by atoms with Crippen LogP contribution in [0.25, 0.3) is 11.0 Å². The highest BCUT2D eigenvalue weighted by atomic mass is 19.3. The average Bonchev–Trinajstić information content (AvgIpc) is 2.67. The number of methoxy groups -OCH3 is 1. The lowest BCUT2D eigenvalue weighted by Crippen LogP contribution is -2.18. The van der Waals surface area contributed by atoms with E-state index in [9.17, 15) is 13.6 Å². The number of alkyl halides is 2. The fraction of sp³-hybridized carbons (Fsp3) is 0.375. The van der Waals surface area contributed by atoms with Crippen LogP contribution in [0.1, 0.15) is 42.0 Å². The lowest BCUT2D eigenvalue weighted by Gasteiger charge is -2.19. The molecule has 7 heteroatoms. The largest absolute Gasteiger partial charge is 0.493 e. The van der Waals surface area contributed by atoms with Gasteiger partial charge in [0.25, 0.3) is 0 Å². The number of rotatable bonds is 8. The topological polar surface area (TPSA) is 51.9 Å². The quantitative estimate of drug-likeness (QED) is 0.443. The van der Waals surface area contributed by atoms with E-state index >= 15 is 0 Å². The van der Waals surface area contributed by atoms with Gasteiger partial charge in [-0.2, -0.15) is 8.78 Å². The van der Waals surface area contributed by atoms with Crippen molar-refractivity contribution < 1.29 is 22.7 Å². The van der Waals surface area contributed by atoms with Gasteiger partial charge in [0.15, 0.2) is 11.5 Å². The molecule has 0 atom stereocenters. The van der Waals surface area contributed by atoms with E-state index in [4.69, 9.17) is 9.15 Å². The van der Waals surface area contributed by atoms with Gasteiger partial charge in [0.2, 0.25) is 0 Å². The van der Waals surface area contributed by atoms with Crippen molar-refractivity contribution >= 4 is 11.0 Å². The molecule has 31 heavy (non-hydrogen) atoms. The lowest BCUT2D eigenvalue weighted by atomic mass is 9.95. The molecule has 1 aromatic heterocycles. The second kappa shape index (κ2) is 9.47. The molecule has 0 amide bonds. The number of ether oxygens (including phenoxy) is 2. The fourth-order valence-corrected chi connectivity index (χ4v) is 3.81. The van der Waals surface area contributed by atoms with Gasteiger partial charge in [-0.15, -0.1) is 0 Å². The van der Waals surface area contributed by atoms with E-state index in [1.54, 1.807) is 12.1 Å². The molecule has 3 rings (SSSR count). The van der Waals surface area contributed by atoms with E-state index in [1.165, 1.54) is 24.8 Å². The van der Waals surface area contributed by atoms with Crippen LogP contribution in [-0.2, 0) is 13.1 Å². The van der Waals surface area contributed by atoms with Crippen molar-refractivity contribution in [1.82, 2.24) is 4.90 Å². The molecular formula is C24H27F2NO4. The highest BCUT2D eigenvalue weighted by Crippen LogP contribution is 2.31. The minimum absolute atomic E-state index is 0.00727. The molecule has 0 radical (unpaired) electrons. The third-order valence-electron chi connectivity index (χ3n) is 5.18. The van der Waals surface area contributed by atoms with Crippen LogP contribution in [0, 0.1) is 6.92 Å². The Bertz CT molecular complexity index is 1120. The molecule has 0 aliphatic carbocycles. The molecule has 0 aliphatic heterocycles. The van der Waals surface area contributed by atoms with Crippen LogP contribution in [0.15, 0.2) is 45.6 Å². The van der Waals surface area contributed by atoms with Crippen LogP contribution < -0.4 is 15.1 Å². The summed E-state index contributed by atoms with van der Waals surface area (Å²) in [4.78, 5) is 14.1. The van der Waals surface area contributed by atoms with Crippen molar-refractivity contribution in [3.8, 4) is 11.5 Å². The van der Waals surface area contributed by atoms with E-state index in [1.807, 2.05) is 24.9 Å². The number of hydrogen-bond donors (Lipinski definition) is 0. The number of benzene rings is 2. The molecule has 2 aromatic carbocycles. The maximum atomic E-state index is 12.5. The Labute approximate surface area is 180 Å². The third kappa shape index (κ3) is 5.41. The van der Waals surface area contributed by atoms with Crippen molar-refractivity contribution in [2.75, 3.05) is 14.2 Å².